The van der Waals surface area contributed by atoms with Crippen molar-refractivity contribution in [2.45, 2.75) is 37.6 Å². The number of piperidine rings is 1. The zero-order chi connectivity index (χ0) is 21.4. The fourth-order valence-electron chi connectivity index (χ4n) is 3.62. The summed E-state index contributed by atoms with van der Waals surface area (Å²) in [6.07, 6.45) is 4.55. The number of nitrogens with zero attached hydrogens (tertiary/aromatic N) is 4. The molecule has 2 aliphatic rings. The summed E-state index contributed by atoms with van der Waals surface area (Å²) >= 11 is 7.12. The van der Waals surface area contributed by atoms with Gasteiger partial charge in [-0.3, -0.25) is 5.41 Å². The molecule has 0 unspecified atom stereocenters. The van der Waals surface area contributed by atoms with Gasteiger partial charge in [-0.25, -0.2) is 19.3 Å². The lowest BCUT2D eigenvalue weighted by Crippen LogP contribution is -2.40. The molecule has 1 saturated heterocycles. The number of nitrogens with one attached hydrogen (secondary N) is 3. The van der Waals surface area contributed by atoms with E-state index in [1.54, 1.807) is 6.92 Å². The van der Waals surface area contributed by atoms with Gasteiger partial charge in [-0.15, -0.1) is 0 Å². The zero-order valence-electron chi connectivity index (χ0n) is 16.6. The Balaban J connectivity index is 1.49. The highest BCUT2D eigenvalue weighted by Crippen LogP contribution is 2.44. The average Bonchev–Trinajstić information content (AvgIpc) is 3.05. The van der Waals surface area contributed by atoms with E-state index < -0.39 is 5.82 Å². The Morgan fingerprint density at radius 1 is 1.27 bits per heavy atom. The third-order valence-electron chi connectivity index (χ3n) is 5.33. The van der Waals surface area contributed by atoms with Crippen LogP contribution < -0.4 is 10.2 Å². The zero-order valence-corrected chi connectivity index (χ0v) is 18.2. The number of pyridine rings is 1. The molecule has 0 spiro atoms. The molecule has 4 rings (SSSR count). The van der Waals surface area contributed by atoms with Crippen molar-refractivity contribution < 1.29 is 4.39 Å². The Morgan fingerprint density at radius 3 is 2.67 bits per heavy atom. The normalized spacial score (nSPS) is 18.4. The topological polar surface area (TPSA) is 102 Å². The third-order valence-corrected chi connectivity index (χ3v) is 6.54. The molecule has 156 valence electrons. The number of fused-ring (bicyclic) bond motifs is 1. The van der Waals surface area contributed by atoms with Crippen LogP contribution in [0.5, 0.6) is 0 Å². The summed E-state index contributed by atoms with van der Waals surface area (Å²) < 4.78 is 14.2. The number of thioether (sulfide) groups is 1. The van der Waals surface area contributed by atoms with Crippen molar-refractivity contribution in [3.63, 3.8) is 0 Å². The smallest absolute Gasteiger partial charge is 0.167 e. The van der Waals surface area contributed by atoms with Gasteiger partial charge in [-0.05, 0) is 38.3 Å². The first-order valence-corrected chi connectivity index (χ1v) is 10.8. The van der Waals surface area contributed by atoms with Gasteiger partial charge in [0.05, 0.1) is 15.6 Å². The first-order chi connectivity index (χ1) is 14.3. The van der Waals surface area contributed by atoms with Gasteiger partial charge in [0.25, 0.3) is 0 Å². The molecule has 7 nitrogen and oxygen atoms in total. The van der Waals surface area contributed by atoms with Crippen LogP contribution in [0, 0.1) is 16.6 Å². The maximum absolute atomic E-state index is 14.2. The van der Waals surface area contributed by atoms with Gasteiger partial charge in [0.15, 0.2) is 11.6 Å². The van der Waals surface area contributed by atoms with E-state index >= 15 is 0 Å². The Labute approximate surface area is 183 Å². The molecule has 0 amide bonds. The third kappa shape index (κ3) is 3.91. The maximum Gasteiger partial charge on any atom is 0.167 e. The number of hydrogen-bond acceptors (Lipinski definition) is 8. The van der Waals surface area contributed by atoms with Crippen LogP contribution in [-0.4, -0.2) is 44.8 Å². The summed E-state index contributed by atoms with van der Waals surface area (Å²) in [4.78, 5) is 15.7. The van der Waals surface area contributed by atoms with Crippen LogP contribution in [0.2, 0.25) is 5.02 Å². The van der Waals surface area contributed by atoms with E-state index in [1.807, 2.05) is 11.8 Å². The number of halogens is 2. The molecule has 0 saturated carbocycles. The molecular formula is C20H21ClFN7S. The van der Waals surface area contributed by atoms with Gasteiger partial charge in [0.1, 0.15) is 17.2 Å². The molecular weight excluding hydrogens is 425 g/mol. The number of allylic oxidation sites excluding steroid dienone is 1. The van der Waals surface area contributed by atoms with Crippen LogP contribution in [0.1, 0.15) is 32.4 Å². The number of aromatic nitrogens is 3. The predicted molar refractivity (Wildman–Crippen MR) is 120 cm³/mol. The molecule has 0 bridgehead atoms. The maximum atomic E-state index is 14.2. The quantitative estimate of drug-likeness (QED) is 0.592. The van der Waals surface area contributed by atoms with E-state index in [0.29, 0.717) is 46.7 Å². The molecule has 3 N–H and O–H groups in total. The lowest BCUT2D eigenvalue weighted by Gasteiger charge is -2.33. The van der Waals surface area contributed by atoms with Crippen molar-refractivity contribution in [2.24, 2.45) is 0 Å². The molecule has 1 fully saturated rings. The minimum Gasteiger partial charge on any atom is -0.366 e. The Bertz CT molecular complexity index is 1060. The van der Waals surface area contributed by atoms with E-state index in [1.165, 1.54) is 30.4 Å². The van der Waals surface area contributed by atoms with Crippen molar-refractivity contribution in [2.75, 3.05) is 23.3 Å². The monoisotopic (exact) mass is 445 g/mol. The molecule has 0 radical (unpaired) electrons. The van der Waals surface area contributed by atoms with Crippen LogP contribution in [0.3, 0.4) is 0 Å². The van der Waals surface area contributed by atoms with Crippen molar-refractivity contribution in [3.05, 3.63) is 40.7 Å². The Kier molecular flexibility index (Phi) is 5.75. The van der Waals surface area contributed by atoms with Crippen molar-refractivity contribution in [3.8, 4) is 0 Å². The highest BCUT2D eigenvalue weighted by atomic mass is 35.5. The van der Waals surface area contributed by atoms with Gasteiger partial charge in [0, 0.05) is 36.6 Å². The van der Waals surface area contributed by atoms with Crippen molar-refractivity contribution in [1.29, 1.82) is 10.8 Å². The first kappa shape index (κ1) is 20.7. The Hall–Kier alpha value is -2.52. The fraction of sp³-hybridized carbons (Fsp3) is 0.350. The first-order valence-electron chi connectivity index (χ1n) is 9.56. The minimum absolute atomic E-state index is 0.170. The Morgan fingerprint density at radius 2 is 2.00 bits per heavy atom. The number of anilines is 2. The molecule has 10 heteroatoms. The summed E-state index contributed by atoms with van der Waals surface area (Å²) in [6, 6.07) is 1.46. The van der Waals surface area contributed by atoms with Crippen molar-refractivity contribution >= 4 is 51.3 Å². The van der Waals surface area contributed by atoms with E-state index in [0.717, 1.165) is 23.3 Å². The van der Waals surface area contributed by atoms with Crippen LogP contribution in [0.4, 0.5) is 16.0 Å². The van der Waals surface area contributed by atoms with Crippen molar-refractivity contribution in [1.82, 2.24) is 15.0 Å². The van der Waals surface area contributed by atoms with Crippen LogP contribution >= 0.6 is 23.4 Å². The summed E-state index contributed by atoms with van der Waals surface area (Å²) in [7, 11) is 0. The lowest BCUT2D eigenvalue weighted by molar-refractivity contribution is 0.510. The molecule has 0 aliphatic carbocycles. The average molecular weight is 446 g/mol. The highest BCUT2D eigenvalue weighted by Gasteiger charge is 2.31. The molecule has 30 heavy (non-hydrogen) atoms. The lowest BCUT2D eigenvalue weighted by atomic mass is 10.0. The predicted octanol–water partition coefficient (Wildman–Crippen LogP) is 4.64. The summed E-state index contributed by atoms with van der Waals surface area (Å²) in [5, 5.41) is 20.4. The summed E-state index contributed by atoms with van der Waals surface area (Å²) in [6.45, 7) is 4.88. The van der Waals surface area contributed by atoms with E-state index in [9.17, 15) is 4.39 Å². The standard InChI is InChI=1S/C20H21ClFN7S/c1-10(11(2)23)15-16-17(30-18(15)24)19(27-9-26-16)28-13-3-5-29(6-4-13)20-14(22)7-12(21)8-25-20/h7-9,13,23-24H,3-6H2,1-2H3,(H,26,27,28)/b15-10-,23-11?,24-18?. The second-order valence-electron chi connectivity index (χ2n) is 7.32. The van der Waals surface area contributed by atoms with Crippen LogP contribution in [0.25, 0.3) is 5.57 Å². The molecule has 2 aromatic heterocycles. The van der Waals surface area contributed by atoms with Gasteiger partial charge in [-0.2, -0.15) is 0 Å². The molecule has 2 aliphatic heterocycles. The molecule has 0 aromatic carbocycles. The second kappa shape index (κ2) is 8.31. The van der Waals surface area contributed by atoms with Gasteiger partial charge >= 0.3 is 0 Å². The van der Waals surface area contributed by atoms with E-state index in [4.69, 9.17) is 22.4 Å². The van der Waals surface area contributed by atoms with Crippen LogP contribution in [0.15, 0.2) is 29.1 Å². The molecule has 0 atom stereocenters. The van der Waals surface area contributed by atoms with E-state index in [2.05, 4.69) is 20.3 Å². The van der Waals surface area contributed by atoms with Gasteiger partial charge in [-0.1, -0.05) is 23.4 Å². The van der Waals surface area contributed by atoms with Gasteiger partial charge < -0.3 is 15.6 Å². The largest absolute Gasteiger partial charge is 0.366 e. The fourth-order valence-corrected chi connectivity index (χ4v) is 4.78. The molecule has 4 heterocycles. The highest BCUT2D eigenvalue weighted by molar-refractivity contribution is 8.15. The molecule has 2 aromatic rings. The number of rotatable bonds is 4. The minimum atomic E-state index is -0.409. The van der Waals surface area contributed by atoms with E-state index in [-0.39, 0.29) is 11.1 Å². The SMILES string of the molecule is CC(=N)/C(C)=C1\C(=N)Sc2c(NC3CCN(c4ncc(Cl)cc4F)CC3)ncnc21. The van der Waals surface area contributed by atoms with Crippen LogP contribution in [-0.2, 0) is 0 Å². The van der Waals surface area contributed by atoms with Gasteiger partial charge in [0.2, 0.25) is 0 Å². The summed E-state index contributed by atoms with van der Waals surface area (Å²) in [5.41, 5.74) is 2.58. The number of hydrogen-bond donors (Lipinski definition) is 3. The summed E-state index contributed by atoms with van der Waals surface area (Å²) in [5.74, 6) is 0.625. The second-order valence-corrected chi connectivity index (χ2v) is 8.78.